The molecular formula is C23H27NO3Si. The normalized spacial score (nSPS) is 20.0. The Morgan fingerprint density at radius 3 is 1.96 bits per heavy atom. The molecule has 1 aliphatic heterocycles. The van der Waals surface area contributed by atoms with Crippen LogP contribution in [0.15, 0.2) is 60.7 Å². The van der Waals surface area contributed by atoms with E-state index < -0.39 is 20.5 Å². The average molecular weight is 394 g/mol. The van der Waals surface area contributed by atoms with Gasteiger partial charge in [-0.2, -0.15) is 0 Å². The van der Waals surface area contributed by atoms with E-state index in [-0.39, 0.29) is 11.1 Å². The lowest BCUT2D eigenvalue weighted by molar-refractivity contribution is 0.139. The van der Waals surface area contributed by atoms with E-state index in [9.17, 15) is 9.90 Å². The van der Waals surface area contributed by atoms with Gasteiger partial charge in [0.2, 0.25) is 0 Å². The Bertz CT molecular complexity index is 815. The van der Waals surface area contributed by atoms with Crippen LogP contribution < -0.4 is 10.4 Å². The van der Waals surface area contributed by atoms with Gasteiger partial charge in [0.05, 0.1) is 18.7 Å². The van der Waals surface area contributed by atoms with Gasteiger partial charge in [-0.05, 0) is 15.4 Å². The van der Waals surface area contributed by atoms with Crippen LogP contribution in [-0.4, -0.2) is 43.1 Å². The standard InChI is InChI=1S/C23H27NO3Si/c1-5-18-16-19(17-24(18)22(25)26)27-28(23(2,3)4,20-12-8-6-9-13-20)21-14-10-7-11-15-21/h1,6-15,18-19H,16-17H2,2-4H3,(H,25,26)/t18-,19+/m0/s1. The second kappa shape index (κ2) is 7.82. The maximum Gasteiger partial charge on any atom is 0.408 e. The lowest BCUT2D eigenvalue weighted by atomic mass is 10.2. The van der Waals surface area contributed by atoms with Gasteiger partial charge >= 0.3 is 6.09 Å². The monoisotopic (exact) mass is 393 g/mol. The molecule has 0 unspecified atom stereocenters. The van der Waals surface area contributed by atoms with E-state index in [1.165, 1.54) is 15.3 Å². The van der Waals surface area contributed by atoms with Crippen LogP contribution in [-0.2, 0) is 4.43 Å². The minimum Gasteiger partial charge on any atom is -0.465 e. The lowest BCUT2D eigenvalue weighted by Gasteiger charge is -2.44. The van der Waals surface area contributed by atoms with E-state index in [1.54, 1.807) is 0 Å². The molecule has 4 nitrogen and oxygen atoms in total. The summed E-state index contributed by atoms with van der Waals surface area (Å²) in [7, 11) is -2.71. The van der Waals surface area contributed by atoms with Gasteiger partial charge < -0.3 is 9.53 Å². The van der Waals surface area contributed by atoms with Crippen LogP contribution in [0.2, 0.25) is 5.04 Å². The molecule has 0 aromatic heterocycles. The number of hydrogen-bond acceptors (Lipinski definition) is 2. The van der Waals surface area contributed by atoms with Crippen molar-refractivity contribution in [3.63, 3.8) is 0 Å². The zero-order valence-electron chi connectivity index (χ0n) is 16.6. The molecule has 5 heteroatoms. The Kier molecular flexibility index (Phi) is 5.64. The highest BCUT2D eigenvalue weighted by Gasteiger charge is 2.52. The summed E-state index contributed by atoms with van der Waals surface area (Å²) < 4.78 is 6.99. The first-order valence-electron chi connectivity index (χ1n) is 9.54. The topological polar surface area (TPSA) is 49.8 Å². The Labute approximate surface area is 168 Å². The Hall–Kier alpha value is -2.55. The minimum absolute atomic E-state index is 0.155. The largest absolute Gasteiger partial charge is 0.465 e. The van der Waals surface area contributed by atoms with Crippen molar-refractivity contribution in [1.29, 1.82) is 0 Å². The third-order valence-electron chi connectivity index (χ3n) is 5.46. The maximum atomic E-state index is 11.6. The van der Waals surface area contributed by atoms with E-state index in [4.69, 9.17) is 10.8 Å². The third kappa shape index (κ3) is 3.58. The van der Waals surface area contributed by atoms with Crippen molar-refractivity contribution in [2.75, 3.05) is 6.54 Å². The predicted octanol–water partition coefficient (Wildman–Crippen LogP) is 3.32. The van der Waals surface area contributed by atoms with Crippen molar-refractivity contribution < 1.29 is 14.3 Å². The first kappa shape index (κ1) is 20.2. The molecule has 3 rings (SSSR count). The molecular weight excluding hydrogens is 366 g/mol. The Morgan fingerprint density at radius 2 is 1.61 bits per heavy atom. The molecule has 28 heavy (non-hydrogen) atoms. The van der Waals surface area contributed by atoms with Crippen LogP contribution in [0.4, 0.5) is 4.79 Å². The zero-order valence-corrected chi connectivity index (χ0v) is 17.6. The van der Waals surface area contributed by atoms with Crippen molar-refractivity contribution in [3.8, 4) is 12.3 Å². The van der Waals surface area contributed by atoms with Crippen molar-refractivity contribution in [2.45, 2.75) is 44.4 Å². The molecule has 2 aromatic carbocycles. The number of carboxylic acid groups (broad SMARTS) is 1. The van der Waals surface area contributed by atoms with Crippen molar-refractivity contribution >= 4 is 24.8 Å². The number of hydrogen-bond donors (Lipinski definition) is 1. The third-order valence-corrected chi connectivity index (χ3v) is 10.6. The molecule has 1 saturated heterocycles. The molecule has 0 bridgehead atoms. The van der Waals surface area contributed by atoms with E-state index in [2.05, 4.69) is 51.0 Å². The van der Waals surface area contributed by atoms with Gasteiger partial charge in [0, 0.05) is 6.42 Å². The smallest absolute Gasteiger partial charge is 0.408 e. The number of likely N-dealkylation sites (tertiary alicyclic amines) is 1. The molecule has 0 saturated carbocycles. The van der Waals surface area contributed by atoms with Crippen LogP contribution in [0.3, 0.4) is 0 Å². The molecule has 1 fully saturated rings. The highest BCUT2D eigenvalue weighted by molar-refractivity contribution is 6.99. The van der Waals surface area contributed by atoms with Crippen LogP contribution in [0.5, 0.6) is 0 Å². The van der Waals surface area contributed by atoms with Gasteiger partial charge in [-0.3, -0.25) is 4.90 Å². The van der Waals surface area contributed by atoms with E-state index in [1.807, 2.05) is 36.4 Å². The van der Waals surface area contributed by atoms with Gasteiger partial charge in [-0.1, -0.05) is 87.4 Å². The molecule has 2 aromatic rings. The lowest BCUT2D eigenvalue weighted by Crippen LogP contribution is -2.67. The number of nitrogens with zero attached hydrogens (tertiary/aromatic N) is 1. The van der Waals surface area contributed by atoms with E-state index in [0.717, 1.165) is 0 Å². The molecule has 0 aliphatic carbocycles. The predicted molar refractivity (Wildman–Crippen MR) is 114 cm³/mol. The molecule has 0 spiro atoms. The van der Waals surface area contributed by atoms with Gasteiger partial charge in [-0.15, -0.1) is 6.42 Å². The average Bonchev–Trinajstić information content (AvgIpc) is 3.10. The molecule has 1 amide bonds. The van der Waals surface area contributed by atoms with Crippen molar-refractivity contribution in [1.82, 2.24) is 4.90 Å². The molecule has 146 valence electrons. The number of benzene rings is 2. The summed E-state index contributed by atoms with van der Waals surface area (Å²) in [5.74, 6) is 2.61. The summed E-state index contributed by atoms with van der Waals surface area (Å²) >= 11 is 0. The van der Waals surface area contributed by atoms with Crippen LogP contribution in [0, 0.1) is 12.3 Å². The second-order valence-electron chi connectivity index (χ2n) is 8.26. The number of rotatable bonds is 4. The van der Waals surface area contributed by atoms with E-state index >= 15 is 0 Å². The second-order valence-corrected chi connectivity index (χ2v) is 12.5. The summed E-state index contributed by atoms with van der Waals surface area (Å²) in [6.07, 6.45) is 4.90. The Balaban J connectivity index is 2.10. The van der Waals surface area contributed by atoms with Crippen LogP contribution in [0.25, 0.3) is 0 Å². The first-order valence-corrected chi connectivity index (χ1v) is 11.4. The SMILES string of the molecule is C#C[C@H]1C[C@@H](O[Si](c2ccccc2)(c2ccccc2)C(C)(C)C)CN1C(=O)O. The fraction of sp³-hybridized carbons (Fsp3) is 0.348. The highest BCUT2D eigenvalue weighted by Crippen LogP contribution is 2.39. The first-order chi connectivity index (χ1) is 13.3. The summed E-state index contributed by atoms with van der Waals surface area (Å²) in [4.78, 5) is 12.9. The quantitative estimate of drug-likeness (QED) is 0.640. The van der Waals surface area contributed by atoms with Gasteiger partial charge in [0.1, 0.15) is 0 Å². The van der Waals surface area contributed by atoms with Crippen LogP contribution in [0.1, 0.15) is 27.2 Å². The van der Waals surface area contributed by atoms with Gasteiger partial charge in [-0.25, -0.2) is 4.79 Å². The van der Waals surface area contributed by atoms with E-state index in [0.29, 0.717) is 13.0 Å². The maximum absolute atomic E-state index is 11.6. The van der Waals surface area contributed by atoms with Gasteiger partial charge in [0.25, 0.3) is 8.32 Å². The zero-order chi connectivity index (χ0) is 20.4. The van der Waals surface area contributed by atoms with Crippen LogP contribution >= 0.6 is 0 Å². The Morgan fingerprint density at radius 1 is 1.11 bits per heavy atom. The fourth-order valence-electron chi connectivity index (χ4n) is 4.19. The van der Waals surface area contributed by atoms with Crippen molar-refractivity contribution in [3.05, 3.63) is 60.7 Å². The molecule has 1 aliphatic rings. The van der Waals surface area contributed by atoms with Gasteiger partial charge in [0.15, 0.2) is 0 Å². The molecule has 1 N–H and O–H groups in total. The molecule has 2 atom stereocenters. The molecule has 1 heterocycles. The summed E-state index contributed by atoms with van der Waals surface area (Å²) in [6.45, 7) is 6.93. The summed E-state index contributed by atoms with van der Waals surface area (Å²) in [5.41, 5.74) is 0. The number of carbonyl (C=O) groups is 1. The number of terminal acetylenes is 1. The highest BCUT2D eigenvalue weighted by atomic mass is 28.4. The molecule has 0 radical (unpaired) electrons. The summed E-state index contributed by atoms with van der Waals surface area (Å²) in [6, 6.07) is 20.3. The minimum atomic E-state index is -2.71. The number of amides is 1. The summed E-state index contributed by atoms with van der Waals surface area (Å²) in [5, 5.41) is 11.7. The fourth-order valence-corrected chi connectivity index (χ4v) is 8.88. The van der Waals surface area contributed by atoms with Crippen molar-refractivity contribution in [2.24, 2.45) is 0 Å².